The molecule has 12 nitrogen and oxygen atoms in total. The first-order chi connectivity index (χ1) is 26.3. The lowest BCUT2D eigenvalue weighted by Gasteiger charge is -2.22. The summed E-state index contributed by atoms with van der Waals surface area (Å²) in [5, 5.41) is 0. The van der Waals surface area contributed by atoms with E-state index in [0.717, 1.165) is 66.1 Å². The number of nitrogens with zero attached hydrogens (tertiary/aromatic N) is 6. The minimum atomic E-state index is -2.81. The van der Waals surface area contributed by atoms with Gasteiger partial charge in [0.1, 0.15) is 11.5 Å². The molecule has 3 aromatic heterocycles. The van der Waals surface area contributed by atoms with Gasteiger partial charge < -0.3 is 43.9 Å². The van der Waals surface area contributed by atoms with Crippen LogP contribution in [0.4, 0.5) is 30.2 Å². The number of aromatic amines is 3. The number of H-pyrrole nitrogens is 3. The van der Waals surface area contributed by atoms with E-state index in [1.165, 1.54) is 19.2 Å². The fourth-order valence-corrected chi connectivity index (χ4v) is 5.40. The maximum absolute atomic E-state index is 13.4. The Labute approximate surface area is 314 Å². The van der Waals surface area contributed by atoms with Crippen molar-refractivity contribution in [3.63, 3.8) is 0 Å². The Morgan fingerprint density at radius 3 is 1.43 bits per heavy atom. The van der Waals surface area contributed by atoms with E-state index in [2.05, 4.69) is 57.4 Å². The molecular weight excluding hydrogens is 699 g/mol. The molecule has 0 aliphatic carbocycles. The average Bonchev–Trinajstić information content (AvgIpc) is 4.01. The fourth-order valence-electron chi connectivity index (χ4n) is 5.40. The van der Waals surface area contributed by atoms with Crippen LogP contribution in [0.3, 0.4) is 0 Å². The Morgan fingerprint density at radius 2 is 1.04 bits per heavy atom. The highest BCUT2D eigenvalue weighted by Gasteiger charge is 2.12. The summed E-state index contributed by atoms with van der Waals surface area (Å²) in [6.07, 6.45) is 10.3. The highest BCUT2D eigenvalue weighted by Crippen LogP contribution is 2.26. The van der Waals surface area contributed by atoms with Crippen LogP contribution in [0, 0.1) is 5.82 Å². The Hall–Kier alpha value is -6.12. The number of imidazole rings is 3. The molecule has 0 radical (unpaired) electrons. The Kier molecular flexibility index (Phi) is 16.1. The molecule has 54 heavy (non-hydrogen) atoms. The van der Waals surface area contributed by atoms with E-state index in [0.29, 0.717) is 13.1 Å². The van der Waals surface area contributed by atoms with Gasteiger partial charge in [-0.25, -0.2) is 19.3 Å². The van der Waals surface area contributed by atoms with Gasteiger partial charge in [-0.15, -0.1) is 0 Å². The highest BCUT2D eigenvalue weighted by molar-refractivity contribution is 5.53. The molecule has 3 aromatic carbocycles. The minimum absolute atomic E-state index is 0.163. The van der Waals surface area contributed by atoms with Crippen molar-refractivity contribution in [1.29, 1.82) is 0 Å². The van der Waals surface area contributed by atoms with Gasteiger partial charge in [0, 0.05) is 73.5 Å². The zero-order valence-corrected chi connectivity index (χ0v) is 31.2. The summed E-state index contributed by atoms with van der Waals surface area (Å²) in [5.41, 5.74) is 5.99. The van der Waals surface area contributed by atoms with Gasteiger partial charge in [-0.05, 0) is 57.2 Å². The molecule has 0 atom stereocenters. The Bertz CT molecular complexity index is 1890. The molecule has 15 heteroatoms. The van der Waals surface area contributed by atoms with Gasteiger partial charge in [-0.2, -0.15) is 8.78 Å². The monoisotopic (exact) mass is 747 g/mol. The smallest absolute Gasteiger partial charge is 0.387 e. The molecule has 3 N–H and O–H groups in total. The molecule has 0 fully saturated rings. The van der Waals surface area contributed by atoms with Crippen LogP contribution in [-0.2, 0) is 19.6 Å². The van der Waals surface area contributed by atoms with E-state index in [9.17, 15) is 13.2 Å². The summed E-state index contributed by atoms with van der Waals surface area (Å²) in [7, 11) is 3.15. The number of methoxy groups -OCH3 is 2. The first-order valence-electron chi connectivity index (χ1n) is 17.5. The first kappa shape index (κ1) is 40.6. The summed E-state index contributed by atoms with van der Waals surface area (Å²) in [5.74, 6) is 0.954. The molecule has 0 saturated heterocycles. The van der Waals surface area contributed by atoms with Crippen LogP contribution >= 0.6 is 0 Å². The second-order valence-electron chi connectivity index (χ2n) is 11.7. The Morgan fingerprint density at radius 1 is 0.593 bits per heavy atom. The number of halogens is 3. The minimum Gasteiger partial charge on any atom is -0.497 e. The molecule has 0 bridgehead atoms. The molecular formula is C39H48F3N9O3. The number of alkyl halides is 2. The standard InChI is InChI=1S/C13H15F2N3O.C13H16FN3O.C13H17N3O/c1-2-18(8-10-7-16-9-17-10)11-4-3-5-12(6-11)19-13(14)15;1-3-17(8-10-7-15-9-16-10)11-4-5-12(14)13(6-11)18-2;1-3-16(9-11-8-14-10-15-11)12-5-4-6-13(7-12)17-2/h3-7,9,13H,2,8H2,1H3,(H,16,17);4-7,9H,3,8H2,1-2H3,(H,15,16);4-8,10H,3,9H2,1-2H3,(H,14,15). The quantitative estimate of drug-likeness (QED) is 0.0902. The summed E-state index contributed by atoms with van der Waals surface area (Å²) in [6.45, 7) is 8.03. The second-order valence-corrected chi connectivity index (χ2v) is 11.7. The van der Waals surface area contributed by atoms with Crippen molar-refractivity contribution in [3.8, 4) is 17.2 Å². The topological polar surface area (TPSA) is 123 Å². The predicted molar refractivity (Wildman–Crippen MR) is 205 cm³/mol. The third-order valence-electron chi connectivity index (χ3n) is 8.22. The van der Waals surface area contributed by atoms with Crippen LogP contribution in [-0.4, -0.2) is 70.4 Å². The van der Waals surface area contributed by atoms with Crippen molar-refractivity contribution in [2.24, 2.45) is 0 Å². The third kappa shape index (κ3) is 12.5. The lowest BCUT2D eigenvalue weighted by atomic mass is 10.2. The molecule has 0 spiro atoms. The molecule has 0 aliphatic rings. The molecule has 0 saturated carbocycles. The van der Waals surface area contributed by atoms with Crippen LogP contribution < -0.4 is 28.9 Å². The number of anilines is 3. The SMILES string of the molecule is CCN(Cc1cnc[nH]1)c1ccc(F)c(OC)c1.CCN(Cc1cnc[nH]1)c1cccc(OC(F)F)c1.CCN(Cc1cnc[nH]1)c1cccc(OC)c1. The summed E-state index contributed by atoms with van der Waals surface area (Å²) >= 11 is 0. The van der Waals surface area contributed by atoms with Gasteiger partial charge in [0.15, 0.2) is 11.6 Å². The summed E-state index contributed by atoms with van der Waals surface area (Å²) in [6, 6.07) is 19.6. The average molecular weight is 748 g/mol. The van der Waals surface area contributed by atoms with Crippen molar-refractivity contribution in [3.05, 3.63) is 127 Å². The zero-order chi connectivity index (χ0) is 38.7. The van der Waals surface area contributed by atoms with E-state index in [-0.39, 0.29) is 17.3 Å². The summed E-state index contributed by atoms with van der Waals surface area (Å²) < 4.78 is 52.4. The third-order valence-corrected chi connectivity index (χ3v) is 8.22. The molecule has 6 rings (SSSR count). The van der Waals surface area contributed by atoms with Crippen LogP contribution in [0.25, 0.3) is 0 Å². The van der Waals surface area contributed by atoms with E-state index in [1.54, 1.807) is 62.8 Å². The lowest BCUT2D eigenvalue weighted by Crippen LogP contribution is -2.22. The molecule has 288 valence electrons. The van der Waals surface area contributed by atoms with Crippen LogP contribution in [0.15, 0.2) is 104 Å². The maximum atomic E-state index is 13.4. The molecule has 3 heterocycles. The van der Waals surface area contributed by atoms with Crippen LogP contribution in [0.2, 0.25) is 0 Å². The van der Waals surface area contributed by atoms with Crippen LogP contribution in [0.5, 0.6) is 17.2 Å². The molecule has 6 aromatic rings. The van der Waals surface area contributed by atoms with Crippen molar-refractivity contribution in [2.45, 2.75) is 47.0 Å². The highest BCUT2D eigenvalue weighted by atomic mass is 19.3. The van der Waals surface area contributed by atoms with Crippen molar-refractivity contribution in [2.75, 3.05) is 48.6 Å². The number of aromatic nitrogens is 6. The largest absolute Gasteiger partial charge is 0.497 e. The Balaban J connectivity index is 0.000000181. The molecule has 0 aliphatic heterocycles. The van der Waals surface area contributed by atoms with Crippen molar-refractivity contribution in [1.82, 2.24) is 29.9 Å². The van der Waals surface area contributed by atoms with Gasteiger partial charge in [-0.3, -0.25) is 0 Å². The fraction of sp³-hybridized carbons (Fsp3) is 0.308. The van der Waals surface area contributed by atoms with E-state index < -0.39 is 6.61 Å². The van der Waals surface area contributed by atoms with Crippen molar-refractivity contribution < 1.29 is 27.4 Å². The van der Waals surface area contributed by atoms with E-state index in [4.69, 9.17) is 9.47 Å². The predicted octanol–water partition coefficient (Wildman–Crippen LogP) is 8.07. The number of rotatable bonds is 16. The molecule has 0 amide bonds. The van der Waals surface area contributed by atoms with E-state index in [1.807, 2.05) is 49.2 Å². The van der Waals surface area contributed by atoms with Crippen LogP contribution in [0.1, 0.15) is 37.9 Å². The summed E-state index contributed by atoms with van der Waals surface area (Å²) in [4.78, 5) is 27.6. The number of nitrogens with one attached hydrogen (secondary N) is 3. The van der Waals surface area contributed by atoms with Gasteiger partial charge >= 0.3 is 6.61 Å². The van der Waals surface area contributed by atoms with Gasteiger partial charge in [0.2, 0.25) is 0 Å². The number of hydrogen-bond acceptors (Lipinski definition) is 9. The normalized spacial score (nSPS) is 10.5. The van der Waals surface area contributed by atoms with Gasteiger partial charge in [0.25, 0.3) is 0 Å². The van der Waals surface area contributed by atoms with Crippen molar-refractivity contribution >= 4 is 17.1 Å². The number of benzene rings is 3. The number of ether oxygens (including phenoxy) is 3. The maximum Gasteiger partial charge on any atom is 0.387 e. The van der Waals surface area contributed by atoms with Gasteiger partial charge in [-0.1, -0.05) is 12.1 Å². The zero-order valence-electron chi connectivity index (χ0n) is 31.2. The second kappa shape index (κ2) is 21.4. The lowest BCUT2D eigenvalue weighted by molar-refractivity contribution is -0.0498. The van der Waals surface area contributed by atoms with Gasteiger partial charge in [0.05, 0.1) is 69.9 Å². The first-order valence-corrected chi connectivity index (χ1v) is 17.5. The molecule has 0 unspecified atom stereocenters. The number of hydrogen-bond donors (Lipinski definition) is 3. The van der Waals surface area contributed by atoms with E-state index >= 15 is 0 Å².